The lowest BCUT2D eigenvalue weighted by Gasteiger charge is -2.44. The second-order valence-electron chi connectivity index (χ2n) is 8.11. The average Bonchev–Trinajstić information content (AvgIpc) is 3.22. The van der Waals surface area contributed by atoms with Crippen LogP contribution in [0.5, 0.6) is 5.75 Å². The standard InChI is InChI=1S/C24H26N2O3S/c1-28-18-6-4-5-17(13-18)25-23(20-15-30-22-8-3-2-7-19(20)22)24(27)29-21-14-26-11-9-16(21)10-12-26/h2-8,13,15-16,21,23,25H,9-12,14H2,1H3. The van der Waals surface area contributed by atoms with Gasteiger partial charge in [-0.3, -0.25) is 4.90 Å². The summed E-state index contributed by atoms with van der Waals surface area (Å²) in [6, 6.07) is 15.3. The minimum absolute atomic E-state index is 0.0143. The van der Waals surface area contributed by atoms with Crippen LogP contribution in [0.2, 0.25) is 0 Å². The van der Waals surface area contributed by atoms with Crippen molar-refractivity contribution >= 4 is 33.1 Å². The number of benzene rings is 2. The average molecular weight is 423 g/mol. The van der Waals surface area contributed by atoms with E-state index >= 15 is 0 Å². The summed E-state index contributed by atoms with van der Waals surface area (Å²) < 4.78 is 12.6. The molecule has 6 heteroatoms. The molecule has 3 aliphatic rings. The van der Waals surface area contributed by atoms with E-state index in [9.17, 15) is 4.79 Å². The summed E-state index contributed by atoms with van der Waals surface area (Å²) in [5, 5.41) is 6.58. The number of anilines is 1. The van der Waals surface area contributed by atoms with Gasteiger partial charge in [-0.05, 0) is 60.8 Å². The van der Waals surface area contributed by atoms with Crippen LogP contribution in [0.4, 0.5) is 5.69 Å². The van der Waals surface area contributed by atoms with Crippen LogP contribution in [-0.2, 0) is 9.53 Å². The predicted octanol–water partition coefficient (Wildman–Crippen LogP) is 4.70. The van der Waals surface area contributed by atoms with Gasteiger partial charge in [-0.1, -0.05) is 24.3 Å². The molecule has 3 saturated heterocycles. The maximum absolute atomic E-state index is 13.5. The zero-order valence-corrected chi connectivity index (χ0v) is 17.9. The van der Waals surface area contributed by atoms with E-state index in [1.165, 1.54) is 4.70 Å². The smallest absolute Gasteiger partial charge is 0.333 e. The lowest BCUT2D eigenvalue weighted by Crippen LogP contribution is -2.52. The summed E-state index contributed by atoms with van der Waals surface area (Å²) >= 11 is 1.66. The fourth-order valence-corrected chi connectivity index (χ4v) is 5.61. The topological polar surface area (TPSA) is 50.8 Å². The first-order valence-electron chi connectivity index (χ1n) is 10.5. The van der Waals surface area contributed by atoms with E-state index in [1.54, 1.807) is 18.4 Å². The molecular formula is C24H26N2O3S. The van der Waals surface area contributed by atoms with Crippen LogP contribution in [0.25, 0.3) is 10.1 Å². The Kier molecular flexibility index (Phi) is 5.35. The molecule has 0 aliphatic carbocycles. The van der Waals surface area contributed by atoms with E-state index in [1.807, 2.05) is 36.4 Å². The number of carbonyl (C=O) groups is 1. The van der Waals surface area contributed by atoms with Gasteiger partial charge < -0.3 is 14.8 Å². The van der Waals surface area contributed by atoms with Crippen molar-refractivity contribution in [3.8, 4) is 5.75 Å². The molecule has 4 heterocycles. The zero-order valence-electron chi connectivity index (χ0n) is 17.0. The lowest BCUT2D eigenvalue weighted by atomic mass is 9.86. The number of esters is 1. The number of hydrogen-bond acceptors (Lipinski definition) is 6. The third kappa shape index (κ3) is 3.77. The summed E-state index contributed by atoms with van der Waals surface area (Å²) in [5.74, 6) is 1.02. The molecule has 3 aliphatic heterocycles. The first-order valence-corrected chi connectivity index (χ1v) is 11.4. The number of carbonyl (C=O) groups excluding carboxylic acids is 1. The molecule has 2 aromatic carbocycles. The second-order valence-corrected chi connectivity index (χ2v) is 9.02. The van der Waals surface area contributed by atoms with Gasteiger partial charge in [0.05, 0.1) is 7.11 Å². The molecule has 0 saturated carbocycles. The van der Waals surface area contributed by atoms with Gasteiger partial charge >= 0.3 is 5.97 Å². The number of piperidine rings is 3. The first kappa shape index (κ1) is 19.4. The monoisotopic (exact) mass is 422 g/mol. The van der Waals surface area contributed by atoms with E-state index in [-0.39, 0.29) is 12.1 Å². The summed E-state index contributed by atoms with van der Waals surface area (Å²) in [7, 11) is 1.64. The Bertz CT molecular complexity index is 1040. The quantitative estimate of drug-likeness (QED) is 0.584. The van der Waals surface area contributed by atoms with Gasteiger partial charge in [-0.2, -0.15) is 0 Å². The summed E-state index contributed by atoms with van der Waals surface area (Å²) in [4.78, 5) is 15.9. The highest BCUT2D eigenvalue weighted by Crippen LogP contribution is 2.35. The van der Waals surface area contributed by atoms with Crippen molar-refractivity contribution in [1.82, 2.24) is 4.90 Å². The molecule has 2 unspecified atom stereocenters. The Hall–Kier alpha value is -2.57. The Labute approximate surface area is 180 Å². The van der Waals surface area contributed by atoms with Crippen LogP contribution in [0, 0.1) is 5.92 Å². The molecule has 2 atom stereocenters. The van der Waals surface area contributed by atoms with E-state index in [2.05, 4.69) is 27.7 Å². The first-order chi connectivity index (χ1) is 14.7. The van der Waals surface area contributed by atoms with Crippen molar-refractivity contribution in [3.63, 3.8) is 0 Å². The number of nitrogens with one attached hydrogen (secondary N) is 1. The van der Waals surface area contributed by atoms with E-state index in [0.717, 1.165) is 54.9 Å². The van der Waals surface area contributed by atoms with E-state index in [0.29, 0.717) is 5.92 Å². The highest BCUT2D eigenvalue weighted by Gasteiger charge is 2.38. The fraction of sp³-hybridized carbons (Fsp3) is 0.375. The SMILES string of the molecule is COc1cccc(NC(C(=O)OC2CN3CCC2CC3)c2csc3ccccc23)c1. The number of hydrogen-bond donors (Lipinski definition) is 1. The molecular weight excluding hydrogens is 396 g/mol. The normalized spacial score (nSPS) is 23.8. The Balaban J connectivity index is 1.45. The Morgan fingerprint density at radius 2 is 2.00 bits per heavy atom. The molecule has 0 amide bonds. The minimum atomic E-state index is -0.566. The maximum atomic E-state index is 13.5. The van der Waals surface area contributed by atoms with Crippen molar-refractivity contribution in [2.45, 2.75) is 25.0 Å². The Morgan fingerprint density at radius 1 is 1.17 bits per heavy atom. The number of ether oxygens (including phenoxy) is 2. The van der Waals surface area contributed by atoms with Gasteiger partial charge in [-0.25, -0.2) is 4.79 Å². The molecule has 3 fully saturated rings. The van der Waals surface area contributed by atoms with Crippen molar-refractivity contribution in [2.24, 2.45) is 5.92 Å². The van der Waals surface area contributed by atoms with E-state index in [4.69, 9.17) is 9.47 Å². The van der Waals surface area contributed by atoms with Crippen molar-refractivity contribution < 1.29 is 14.3 Å². The van der Waals surface area contributed by atoms with Gasteiger partial charge in [0, 0.05) is 28.6 Å². The van der Waals surface area contributed by atoms with Crippen LogP contribution in [0.3, 0.4) is 0 Å². The highest BCUT2D eigenvalue weighted by molar-refractivity contribution is 7.17. The van der Waals surface area contributed by atoms with Gasteiger partial charge in [0.15, 0.2) is 6.04 Å². The zero-order chi connectivity index (χ0) is 20.5. The van der Waals surface area contributed by atoms with Gasteiger partial charge in [0.2, 0.25) is 0 Å². The van der Waals surface area contributed by atoms with Crippen LogP contribution < -0.4 is 10.1 Å². The minimum Gasteiger partial charge on any atom is -0.497 e. The largest absolute Gasteiger partial charge is 0.497 e. The summed E-state index contributed by atoms with van der Waals surface area (Å²) in [5.41, 5.74) is 1.80. The molecule has 0 radical (unpaired) electrons. The molecule has 3 aromatic rings. The highest BCUT2D eigenvalue weighted by atomic mass is 32.1. The third-order valence-electron chi connectivity index (χ3n) is 6.30. The second kappa shape index (κ2) is 8.28. The lowest BCUT2D eigenvalue weighted by molar-refractivity contribution is -0.159. The molecule has 2 bridgehead atoms. The van der Waals surface area contributed by atoms with Crippen LogP contribution in [0.1, 0.15) is 24.4 Å². The van der Waals surface area contributed by atoms with Gasteiger partial charge in [-0.15, -0.1) is 11.3 Å². The number of rotatable bonds is 6. The van der Waals surface area contributed by atoms with Gasteiger partial charge in [0.25, 0.3) is 0 Å². The van der Waals surface area contributed by atoms with Crippen LogP contribution >= 0.6 is 11.3 Å². The molecule has 30 heavy (non-hydrogen) atoms. The number of nitrogens with zero attached hydrogens (tertiary/aromatic N) is 1. The van der Waals surface area contributed by atoms with Crippen LogP contribution in [0.15, 0.2) is 53.9 Å². The molecule has 6 rings (SSSR count). The fourth-order valence-electron chi connectivity index (χ4n) is 4.63. The van der Waals surface area contributed by atoms with Crippen LogP contribution in [-0.4, -0.2) is 43.7 Å². The summed E-state index contributed by atoms with van der Waals surface area (Å²) in [6.07, 6.45) is 2.22. The molecule has 0 spiro atoms. The van der Waals surface area contributed by atoms with Gasteiger partial charge in [0.1, 0.15) is 11.9 Å². The number of thiophene rings is 1. The Morgan fingerprint density at radius 3 is 2.77 bits per heavy atom. The maximum Gasteiger partial charge on any atom is 0.333 e. The number of fused-ring (bicyclic) bond motifs is 4. The van der Waals surface area contributed by atoms with Crippen molar-refractivity contribution in [1.29, 1.82) is 0 Å². The molecule has 1 N–H and O–H groups in total. The molecule has 156 valence electrons. The van der Waals surface area contributed by atoms with Crippen molar-refractivity contribution in [2.75, 3.05) is 32.1 Å². The third-order valence-corrected chi connectivity index (χ3v) is 7.28. The van der Waals surface area contributed by atoms with Crippen molar-refractivity contribution in [3.05, 3.63) is 59.5 Å². The number of methoxy groups -OCH3 is 1. The molecule has 5 nitrogen and oxygen atoms in total. The predicted molar refractivity (Wildman–Crippen MR) is 120 cm³/mol. The summed E-state index contributed by atoms with van der Waals surface area (Å²) in [6.45, 7) is 3.10. The molecule has 1 aromatic heterocycles. The van der Waals surface area contributed by atoms with E-state index < -0.39 is 6.04 Å².